The molecule has 0 bridgehead atoms. The number of nitrogens with two attached hydrogens (primary N) is 1. The fourth-order valence-electron chi connectivity index (χ4n) is 2.29. The Bertz CT molecular complexity index is 623. The lowest BCUT2D eigenvalue weighted by atomic mass is 9.97. The fraction of sp³-hybridized carbons (Fsp3) is 0.308. The number of aromatic nitrogens is 2. The maximum Gasteiger partial charge on any atom is 0.435 e. The molecule has 0 fully saturated rings. The molecule has 0 saturated carbocycles. The van der Waals surface area contributed by atoms with Crippen LogP contribution in [0.1, 0.15) is 23.3 Å². The van der Waals surface area contributed by atoms with Crippen LogP contribution < -0.4 is 10.5 Å². The zero-order valence-corrected chi connectivity index (χ0v) is 10.3. The molecular formula is C13H12F3N3O. The molecule has 1 aromatic heterocycles. The van der Waals surface area contributed by atoms with Crippen molar-refractivity contribution in [2.75, 3.05) is 6.61 Å². The Labute approximate surface area is 112 Å². The number of fused-ring (bicyclic) bond motifs is 1. The summed E-state index contributed by atoms with van der Waals surface area (Å²) < 4.78 is 44.5. The number of para-hydroxylation sites is 1. The van der Waals surface area contributed by atoms with Crippen LogP contribution in [0.2, 0.25) is 0 Å². The van der Waals surface area contributed by atoms with Crippen LogP contribution in [-0.2, 0) is 6.18 Å². The van der Waals surface area contributed by atoms with Gasteiger partial charge in [0.15, 0.2) is 5.69 Å². The van der Waals surface area contributed by atoms with Gasteiger partial charge in [-0.25, -0.2) is 0 Å². The number of ether oxygens (including phenoxy) is 1. The van der Waals surface area contributed by atoms with Gasteiger partial charge < -0.3 is 10.5 Å². The Kier molecular flexibility index (Phi) is 2.93. The third-order valence-corrected chi connectivity index (χ3v) is 3.34. The van der Waals surface area contributed by atoms with E-state index in [-0.39, 0.29) is 6.61 Å². The van der Waals surface area contributed by atoms with Gasteiger partial charge in [0, 0.05) is 11.8 Å². The molecule has 106 valence electrons. The van der Waals surface area contributed by atoms with Crippen LogP contribution >= 0.6 is 0 Å². The molecule has 2 heterocycles. The highest BCUT2D eigenvalue weighted by atomic mass is 19.4. The van der Waals surface area contributed by atoms with Crippen molar-refractivity contribution >= 4 is 0 Å². The number of hydrogen-bond acceptors (Lipinski definition) is 3. The summed E-state index contributed by atoms with van der Waals surface area (Å²) in [7, 11) is 0. The first-order valence-corrected chi connectivity index (χ1v) is 6.06. The average Bonchev–Trinajstić information content (AvgIpc) is 2.89. The SMILES string of the molecule is NC1c2ccccc2OCC1n1ccc(C(F)(F)F)n1. The first-order chi connectivity index (χ1) is 9.47. The Morgan fingerprint density at radius 1 is 1.25 bits per heavy atom. The van der Waals surface area contributed by atoms with Crippen molar-refractivity contribution in [1.29, 1.82) is 0 Å². The molecule has 1 aliphatic rings. The molecule has 1 aromatic carbocycles. The minimum atomic E-state index is -4.46. The summed E-state index contributed by atoms with van der Waals surface area (Å²) in [5.41, 5.74) is 5.96. The van der Waals surface area contributed by atoms with E-state index in [0.29, 0.717) is 5.75 Å². The third kappa shape index (κ3) is 2.14. The largest absolute Gasteiger partial charge is 0.491 e. The Balaban J connectivity index is 1.91. The van der Waals surface area contributed by atoms with E-state index in [2.05, 4.69) is 5.10 Å². The minimum absolute atomic E-state index is 0.192. The van der Waals surface area contributed by atoms with Gasteiger partial charge in [-0.3, -0.25) is 4.68 Å². The summed E-state index contributed by atoms with van der Waals surface area (Å²) in [5, 5.41) is 3.56. The van der Waals surface area contributed by atoms with Gasteiger partial charge in [0.25, 0.3) is 0 Å². The second-order valence-corrected chi connectivity index (χ2v) is 4.62. The highest BCUT2D eigenvalue weighted by Gasteiger charge is 2.36. The predicted octanol–water partition coefficient (Wildman–Crippen LogP) is 2.54. The average molecular weight is 283 g/mol. The van der Waals surface area contributed by atoms with Crippen molar-refractivity contribution in [3.05, 3.63) is 47.8 Å². The lowest BCUT2D eigenvalue weighted by Crippen LogP contribution is -2.34. The van der Waals surface area contributed by atoms with Crippen LogP contribution in [0.25, 0.3) is 0 Å². The van der Waals surface area contributed by atoms with Crippen molar-refractivity contribution in [2.24, 2.45) is 5.73 Å². The zero-order chi connectivity index (χ0) is 14.3. The number of alkyl halides is 3. The molecule has 0 amide bonds. The van der Waals surface area contributed by atoms with E-state index >= 15 is 0 Å². The zero-order valence-electron chi connectivity index (χ0n) is 10.3. The molecule has 1 aliphatic heterocycles. The van der Waals surface area contributed by atoms with E-state index < -0.39 is 24.0 Å². The van der Waals surface area contributed by atoms with Crippen LogP contribution in [0, 0.1) is 0 Å². The molecule has 2 atom stereocenters. The van der Waals surface area contributed by atoms with Gasteiger partial charge in [-0.05, 0) is 12.1 Å². The highest BCUT2D eigenvalue weighted by molar-refractivity contribution is 5.38. The number of benzene rings is 1. The lowest BCUT2D eigenvalue weighted by molar-refractivity contribution is -0.141. The first-order valence-electron chi connectivity index (χ1n) is 6.06. The van der Waals surface area contributed by atoms with Gasteiger partial charge in [-0.15, -0.1) is 0 Å². The van der Waals surface area contributed by atoms with Gasteiger partial charge in [-0.2, -0.15) is 18.3 Å². The van der Waals surface area contributed by atoms with Crippen molar-refractivity contribution in [3.8, 4) is 5.75 Å². The summed E-state index contributed by atoms with van der Waals surface area (Å²) in [6, 6.07) is 7.25. The van der Waals surface area contributed by atoms with Crippen LogP contribution in [0.4, 0.5) is 13.2 Å². The Morgan fingerprint density at radius 2 is 2.00 bits per heavy atom. The fourth-order valence-corrected chi connectivity index (χ4v) is 2.29. The molecule has 3 rings (SSSR count). The summed E-state index contributed by atoms with van der Waals surface area (Å²) in [5.74, 6) is 0.666. The van der Waals surface area contributed by atoms with Crippen molar-refractivity contribution in [1.82, 2.24) is 9.78 Å². The maximum absolute atomic E-state index is 12.6. The van der Waals surface area contributed by atoms with E-state index in [4.69, 9.17) is 10.5 Å². The second-order valence-electron chi connectivity index (χ2n) is 4.62. The monoisotopic (exact) mass is 283 g/mol. The van der Waals surface area contributed by atoms with E-state index in [1.165, 1.54) is 10.9 Å². The molecule has 7 heteroatoms. The molecule has 4 nitrogen and oxygen atoms in total. The number of rotatable bonds is 1. The Morgan fingerprint density at radius 3 is 2.70 bits per heavy atom. The quantitative estimate of drug-likeness (QED) is 0.875. The molecule has 2 unspecified atom stereocenters. The van der Waals surface area contributed by atoms with Crippen LogP contribution in [0.5, 0.6) is 5.75 Å². The standard InChI is InChI=1S/C13H12F3N3O/c14-13(15,16)11-5-6-19(18-11)9-7-20-10-4-2-1-3-8(10)12(9)17/h1-6,9,12H,7,17H2. The van der Waals surface area contributed by atoms with E-state index in [9.17, 15) is 13.2 Å². The first kappa shape index (κ1) is 13.0. The second kappa shape index (κ2) is 4.52. The van der Waals surface area contributed by atoms with Crippen LogP contribution in [0.15, 0.2) is 36.5 Å². The van der Waals surface area contributed by atoms with E-state index in [1.54, 1.807) is 12.1 Å². The highest BCUT2D eigenvalue weighted by Crippen LogP contribution is 2.36. The number of halogens is 3. The van der Waals surface area contributed by atoms with Gasteiger partial charge in [0.05, 0.1) is 6.04 Å². The van der Waals surface area contributed by atoms with Crippen molar-refractivity contribution in [2.45, 2.75) is 18.3 Å². The molecule has 0 radical (unpaired) electrons. The van der Waals surface area contributed by atoms with E-state index in [0.717, 1.165) is 11.6 Å². The van der Waals surface area contributed by atoms with Crippen molar-refractivity contribution in [3.63, 3.8) is 0 Å². The summed E-state index contributed by atoms with van der Waals surface area (Å²) in [6.45, 7) is 0.192. The molecule has 0 aliphatic carbocycles. The van der Waals surface area contributed by atoms with Crippen molar-refractivity contribution < 1.29 is 17.9 Å². The van der Waals surface area contributed by atoms with Crippen LogP contribution in [-0.4, -0.2) is 16.4 Å². The lowest BCUT2D eigenvalue weighted by Gasteiger charge is -2.31. The molecule has 0 saturated heterocycles. The number of nitrogens with zero attached hydrogens (tertiary/aromatic N) is 2. The Hall–Kier alpha value is -2.02. The van der Waals surface area contributed by atoms with Gasteiger partial charge in [0.2, 0.25) is 0 Å². The molecular weight excluding hydrogens is 271 g/mol. The summed E-state index contributed by atoms with van der Waals surface area (Å²) >= 11 is 0. The smallest absolute Gasteiger partial charge is 0.435 e. The predicted molar refractivity (Wildman–Crippen MR) is 65.1 cm³/mol. The van der Waals surface area contributed by atoms with Gasteiger partial charge in [-0.1, -0.05) is 18.2 Å². The molecule has 2 aromatic rings. The summed E-state index contributed by atoms with van der Waals surface area (Å²) in [6.07, 6.45) is -3.17. The topological polar surface area (TPSA) is 53.1 Å². The minimum Gasteiger partial charge on any atom is -0.491 e. The van der Waals surface area contributed by atoms with E-state index in [1.807, 2.05) is 12.1 Å². The van der Waals surface area contributed by atoms with Gasteiger partial charge >= 0.3 is 6.18 Å². The number of hydrogen-bond donors (Lipinski definition) is 1. The molecule has 2 N–H and O–H groups in total. The maximum atomic E-state index is 12.6. The van der Waals surface area contributed by atoms with Gasteiger partial charge in [0.1, 0.15) is 18.4 Å². The molecule has 20 heavy (non-hydrogen) atoms. The third-order valence-electron chi connectivity index (χ3n) is 3.34. The normalized spacial score (nSPS) is 22.2. The summed E-state index contributed by atoms with van der Waals surface area (Å²) in [4.78, 5) is 0. The molecule has 0 spiro atoms. The van der Waals surface area contributed by atoms with Crippen LogP contribution in [0.3, 0.4) is 0 Å².